The lowest BCUT2D eigenvalue weighted by Crippen LogP contribution is -2.07. The zero-order chi connectivity index (χ0) is 6.27. The molecule has 48 valence electrons. The molecule has 2 N–H and O–H groups in total. The second-order valence-corrected chi connectivity index (χ2v) is 2.53. The Morgan fingerprint density at radius 1 is 1.22 bits per heavy atom. The van der Waals surface area contributed by atoms with Gasteiger partial charge in [0.2, 0.25) is 0 Å². The first-order chi connectivity index (χ1) is 4.36. The van der Waals surface area contributed by atoms with Gasteiger partial charge in [-0.25, -0.2) is 0 Å². The summed E-state index contributed by atoms with van der Waals surface area (Å²) >= 11 is 0. The van der Waals surface area contributed by atoms with Crippen molar-refractivity contribution >= 4 is 5.69 Å². The first-order valence-corrected chi connectivity index (χ1v) is 3.23. The smallest absolute Gasteiger partial charge is 0.0316 e. The van der Waals surface area contributed by atoms with E-state index in [0.29, 0.717) is 0 Å². The molecule has 0 aliphatic heterocycles. The summed E-state index contributed by atoms with van der Waals surface area (Å²) in [5.41, 5.74) is 9.37. The van der Waals surface area contributed by atoms with Crippen LogP contribution in [0.3, 0.4) is 0 Å². The van der Waals surface area contributed by atoms with E-state index in [1.165, 1.54) is 24.0 Å². The average molecular weight is 121 g/mol. The summed E-state index contributed by atoms with van der Waals surface area (Å²) in [6, 6.07) is 6.16. The van der Waals surface area contributed by atoms with E-state index in [1.807, 2.05) is 6.07 Å². The highest BCUT2D eigenvalue weighted by Gasteiger charge is 2.11. The van der Waals surface area contributed by atoms with Crippen LogP contribution in [-0.2, 0) is 12.8 Å². The number of hydrogen-bond donors (Lipinski definition) is 1. The normalized spacial score (nSPS) is 14.2. The van der Waals surface area contributed by atoms with Crippen LogP contribution in [0.15, 0.2) is 18.2 Å². The second kappa shape index (κ2) is 1.50. The van der Waals surface area contributed by atoms with Gasteiger partial charge in [-0.3, -0.25) is 0 Å². The van der Waals surface area contributed by atoms with Crippen molar-refractivity contribution < 1.29 is 1.43 Å². The van der Waals surface area contributed by atoms with E-state index in [0.717, 1.165) is 5.69 Å². The van der Waals surface area contributed by atoms with E-state index in [2.05, 4.69) is 12.1 Å². The van der Waals surface area contributed by atoms with Crippen molar-refractivity contribution in [3.05, 3.63) is 29.3 Å². The van der Waals surface area contributed by atoms with Crippen LogP contribution in [0, 0.1) is 0 Å². The Bertz CT molecular complexity index is 245. The fourth-order valence-electron chi connectivity index (χ4n) is 1.22. The van der Waals surface area contributed by atoms with Crippen LogP contribution in [0.2, 0.25) is 0 Å². The monoisotopic (exact) mass is 121 g/mol. The molecule has 0 radical (unpaired) electrons. The van der Waals surface area contributed by atoms with Crippen molar-refractivity contribution in [2.75, 3.05) is 5.73 Å². The van der Waals surface area contributed by atoms with Gasteiger partial charge in [-0.1, -0.05) is 6.07 Å². The van der Waals surface area contributed by atoms with E-state index >= 15 is 0 Å². The third-order valence-corrected chi connectivity index (χ3v) is 1.89. The third kappa shape index (κ3) is 0.611. The SMILES string of the molecule is Nc1ccc2c(c1)CC2.[HH]. The zero-order valence-corrected chi connectivity index (χ0v) is 5.22. The van der Waals surface area contributed by atoms with E-state index in [9.17, 15) is 0 Å². The maximum Gasteiger partial charge on any atom is 0.0316 e. The summed E-state index contributed by atoms with van der Waals surface area (Å²) in [5.74, 6) is 0. The summed E-state index contributed by atoms with van der Waals surface area (Å²) in [5, 5.41) is 0. The van der Waals surface area contributed by atoms with E-state index in [4.69, 9.17) is 5.73 Å². The number of benzene rings is 1. The minimum Gasteiger partial charge on any atom is -0.399 e. The van der Waals surface area contributed by atoms with E-state index in [1.54, 1.807) is 0 Å². The maximum atomic E-state index is 5.56. The number of fused-ring (bicyclic) bond motifs is 1. The van der Waals surface area contributed by atoms with Crippen molar-refractivity contribution in [3.8, 4) is 0 Å². The van der Waals surface area contributed by atoms with Gasteiger partial charge in [-0.15, -0.1) is 0 Å². The second-order valence-electron chi connectivity index (χ2n) is 2.53. The van der Waals surface area contributed by atoms with Crippen LogP contribution in [-0.4, -0.2) is 0 Å². The zero-order valence-electron chi connectivity index (χ0n) is 5.22. The molecule has 0 spiro atoms. The molecule has 0 fully saturated rings. The number of anilines is 1. The molecule has 2 rings (SSSR count). The minimum absolute atomic E-state index is 0. The van der Waals surface area contributed by atoms with Crippen LogP contribution in [0.1, 0.15) is 12.6 Å². The molecule has 1 nitrogen and oxygen atoms in total. The van der Waals surface area contributed by atoms with Gasteiger partial charge < -0.3 is 5.73 Å². The summed E-state index contributed by atoms with van der Waals surface area (Å²) in [4.78, 5) is 0. The minimum atomic E-state index is 0. The number of hydrogen-bond acceptors (Lipinski definition) is 1. The van der Waals surface area contributed by atoms with Crippen LogP contribution in [0.5, 0.6) is 0 Å². The largest absolute Gasteiger partial charge is 0.399 e. The molecule has 1 heteroatoms. The molecule has 1 aromatic carbocycles. The van der Waals surface area contributed by atoms with Crippen molar-refractivity contribution in [2.24, 2.45) is 0 Å². The summed E-state index contributed by atoms with van der Waals surface area (Å²) in [7, 11) is 0. The number of aryl methyl sites for hydroxylation is 2. The van der Waals surface area contributed by atoms with Gasteiger partial charge in [0.15, 0.2) is 0 Å². The number of rotatable bonds is 0. The molecular formula is C8H11N. The lowest BCUT2D eigenvalue weighted by atomic mass is 9.88. The average Bonchev–Trinajstić information content (AvgIpc) is 1.78. The number of nitrogen functional groups attached to an aromatic ring is 1. The third-order valence-electron chi connectivity index (χ3n) is 1.89. The molecule has 0 aromatic heterocycles. The van der Waals surface area contributed by atoms with E-state index < -0.39 is 0 Å². The quantitative estimate of drug-likeness (QED) is 0.518. The van der Waals surface area contributed by atoms with Crippen molar-refractivity contribution in [1.29, 1.82) is 0 Å². The highest BCUT2D eigenvalue weighted by molar-refractivity contribution is 5.48. The van der Waals surface area contributed by atoms with Crippen LogP contribution >= 0.6 is 0 Å². The van der Waals surface area contributed by atoms with Crippen molar-refractivity contribution in [2.45, 2.75) is 12.8 Å². The first-order valence-electron chi connectivity index (χ1n) is 3.23. The molecule has 0 atom stereocenters. The van der Waals surface area contributed by atoms with Crippen LogP contribution < -0.4 is 5.73 Å². The molecule has 1 aliphatic rings. The van der Waals surface area contributed by atoms with Gasteiger partial charge in [0.1, 0.15) is 0 Å². The standard InChI is InChI=1S/C8H9N.H2/c9-8-4-3-6-1-2-7(6)5-8;/h3-5H,1-2,9H2;1H. The number of nitrogens with two attached hydrogens (primary N) is 1. The Labute approximate surface area is 56.0 Å². The Morgan fingerprint density at radius 3 is 2.44 bits per heavy atom. The molecule has 0 heterocycles. The molecule has 0 amide bonds. The van der Waals surface area contributed by atoms with Crippen LogP contribution in [0.25, 0.3) is 0 Å². The predicted octanol–water partition coefficient (Wildman–Crippen LogP) is 1.61. The van der Waals surface area contributed by atoms with Gasteiger partial charge in [0.25, 0.3) is 0 Å². The predicted molar refractivity (Wildman–Crippen MR) is 40.4 cm³/mol. The Morgan fingerprint density at radius 2 is 2.00 bits per heavy atom. The molecule has 1 aliphatic carbocycles. The molecule has 0 unspecified atom stereocenters. The topological polar surface area (TPSA) is 26.0 Å². The molecule has 0 saturated heterocycles. The molecular weight excluding hydrogens is 110 g/mol. The van der Waals surface area contributed by atoms with Gasteiger partial charge in [0, 0.05) is 7.11 Å². The van der Waals surface area contributed by atoms with Gasteiger partial charge >= 0.3 is 0 Å². The highest BCUT2D eigenvalue weighted by Crippen LogP contribution is 2.24. The maximum absolute atomic E-state index is 5.56. The molecule has 1 aromatic rings. The fourth-order valence-corrected chi connectivity index (χ4v) is 1.22. The van der Waals surface area contributed by atoms with Crippen molar-refractivity contribution in [1.82, 2.24) is 0 Å². The Balaban J connectivity index is 0.000000500. The lowest BCUT2D eigenvalue weighted by molar-refractivity contribution is 0.840. The molecule has 0 saturated carbocycles. The van der Waals surface area contributed by atoms with Gasteiger partial charge in [-0.05, 0) is 36.1 Å². The fraction of sp³-hybridized carbons (Fsp3) is 0.250. The summed E-state index contributed by atoms with van der Waals surface area (Å²) < 4.78 is 0. The Hall–Kier alpha value is -0.980. The first kappa shape index (κ1) is 4.86. The highest BCUT2D eigenvalue weighted by atomic mass is 14.5. The molecule has 0 bridgehead atoms. The molecule has 9 heavy (non-hydrogen) atoms. The van der Waals surface area contributed by atoms with Gasteiger partial charge in [-0.2, -0.15) is 0 Å². The van der Waals surface area contributed by atoms with Crippen LogP contribution in [0.4, 0.5) is 5.69 Å². The Kier molecular flexibility index (Phi) is 0.810. The lowest BCUT2D eigenvalue weighted by Gasteiger charge is -2.17. The van der Waals surface area contributed by atoms with E-state index in [-0.39, 0.29) is 1.43 Å². The summed E-state index contributed by atoms with van der Waals surface area (Å²) in [6.45, 7) is 0. The summed E-state index contributed by atoms with van der Waals surface area (Å²) in [6.07, 6.45) is 2.47. The van der Waals surface area contributed by atoms with Crippen molar-refractivity contribution in [3.63, 3.8) is 0 Å². The van der Waals surface area contributed by atoms with Gasteiger partial charge in [0.05, 0.1) is 0 Å².